The molecule has 1 aromatic carbocycles. The largest absolute Gasteiger partial charge is 0.252 e. The molecule has 6 heteroatoms. The molecule has 2 heterocycles. The van der Waals surface area contributed by atoms with Gasteiger partial charge in [-0.25, -0.2) is 22.8 Å². The Morgan fingerprint density at radius 3 is 2.62 bits per heavy atom. The van der Waals surface area contributed by atoms with E-state index in [1.165, 1.54) is 0 Å². The standard InChI is InChI=1S/C15H14F3N3/c16-11-7-12(9-4-2-1-3-5-9)21-14(11)19-13(20-21)6-10-8-15(10,17)18/h1-5,10-12H,6-8H2/t10?,11-,12-/m0/s1. The van der Waals surface area contributed by atoms with Crippen molar-refractivity contribution in [1.82, 2.24) is 14.8 Å². The van der Waals surface area contributed by atoms with Crippen LogP contribution in [0.15, 0.2) is 30.3 Å². The van der Waals surface area contributed by atoms with Crippen molar-refractivity contribution in [1.29, 1.82) is 0 Å². The number of fused-ring (bicyclic) bond motifs is 1. The molecule has 0 N–H and O–H groups in total. The summed E-state index contributed by atoms with van der Waals surface area (Å²) >= 11 is 0. The van der Waals surface area contributed by atoms with Crippen molar-refractivity contribution in [2.75, 3.05) is 0 Å². The van der Waals surface area contributed by atoms with Crippen molar-refractivity contribution in [2.45, 2.75) is 37.4 Å². The highest BCUT2D eigenvalue weighted by Gasteiger charge is 2.57. The molecule has 0 bridgehead atoms. The van der Waals surface area contributed by atoms with Gasteiger partial charge in [-0.2, -0.15) is 5.10 Å². The quantitative estimate of drug-likeness (QED) is 0.867. The maximum Gasteiger partial charge on any atom is 0.252 e. The predicted molar refractivity (Wildman–Crippen MR) is 69.8 cm³/mol. The van der Waals surface area contributed by atoms with E-state index < -0.39 is 18.0 Å². The van der Waals surface area contributed by atoms with Crippen LogP contribution in [0.1, 0.15) is 42.3 Å². The second-order valence-electron chi connectivity index (χ2n) is 5.83. The molecule has 0 amide bonds. The Balaban J connectivity index is 1.62. The molecule has 0 spiro atoms. The van der Waals surface area contributed by atoms with Crippen LogP contribution in [0.4, 0.5) is 13.2 Å². The number of benzene rings is 1. The summed E-state index contributed by atoms with van der Waals surface area (Å²) in [7, 11) is 0. The Morgan fingerprint density at radius 2 is 1.95 bits per heavy atom. The summed E-state index contributed by atoms with van der Waals surface area (Å²) in [5.74, 6) is -2.68. The van der Waals surface area contributed by atoms with Crippen LogP contribution >= 0.6 is 0 Å². The number of aromatic nitrogens is 3. The summed E-state index contributed by atoms with van der Waals surface area (Å²) in [6.45, 7) is 0. The number of hydrogen-bond acceptors (Lipinski definition) is 2. The summed E-state index contributed by atoms with van der Waals surface area (Å²) in [6, 6.07) is 9.32. The summed E-state index contributed by atoms with van der Waals surface area (Å²) in [6.07, 6.45) is -0.866. The predicted octanol–water partition coefficient (Wildman–Crippen LogP) is 3.48. The van der Waals surface area contributed by atoms with E-state index in [1.807, 2.05) is 30.3 Å². The Labute approximate surface area is 119 Å². The molecule has 1 aliphatic carbocycles. The zero-order valence-corrected chi connectivity index (χ0v) is 11.2. The van der Waals surface area contributed by atoms with Gasteiger partial charge in [0.1, 0.15) is 0 Å². The Bertz CT molecular complexity index is 668. The molecule has 3 nitrogen and oxygen atoms in total. The first-order chi connectivity index (χ1) is 10.0. The number of nitrogens with zero attached hydrogens (tertiary/aromatic N) is 3. The molecule has 3 atom stereocenters. The lowest BCUT2D eigenvalue weighted by Gasteiger charge is -2.11. The zero-order valence-electron chi connectivity index (χ0n) is 11.2. The van der Waals surface area contributed by atoms with Crippen molar-refractivity contribution in [3.63, 3.8) is 0 Å². The van der Waals surface area contributed by atoms with Crippen molar-refractivity contribution in [3.05, 3.63) is 47.5 Å². The third kappa shape index (κ3) is 2.13. The van der Waals surface area contributed by atoms with Gasteiger partial charge >= 0.3 is 0 Å². The maximum atomic E-state index is 14.1. The molecular formula is C15H14F3N3. The highest BCUT2D eigenvalue weighted by Crippen LogP contribution is 2.50. The summed E-state index contributed by atoms with van der Waals surface area (Å²) in [4.78, 5) is 4.14. The molecule has 2 aliphatic rings. The normalized spacial score (nSPS) is 29.4. The fourth-order valence-corrected chi connectivity index (χ4v) is 2.98. The number of alkyl halides is 3. The molecule has 1 fully saturated rings. The summed E-state index contributed by atoms with van der Waals surface area (Å²) in [5, 5.41) is 4.28. The first-order valence-corrected chi connectivity index (χ1v) is 7.07. The fourth-order valence-electron chi connectivity index (χ4n) is 2.98. The van der Waals surface area contributed by atoms with Crippen LogP contribution in [0.3, 0.4) is 0 Å². The van der Waals surface area contributed by atoms with Crippen LogP contribution in [0.5, 0.6) is 0 Å². The van der Waals surface area contributed by atoms with E-state index >= 15 is 0 Å². The smallest absolute Gasteiger partial charge is 0.239 e. The number of hydrogen-bond donors (Lipinski definition) is 0. The van der Waals surface area contributed by atoms with Crippen LogP contribution in [0, 0.1) is 5.92 Å². The van der Waals surface area contributed by atoms with E-state index in [1.54, 1.807) is 4.68 Å². The second-order valence-corrected chi connectivity index (χ2v) is 5.83. The highest BCUT2D eigenvalue weighted by atomic mass is 19.3. The Morgan fingerprint density at radius 1 is 1.24 bits per heavy atom. The van der Waals surface area contributed by atoms with Gasteiger partial charge in [-0.05, 0) is 5.56 Å². The minimum absolute atomic E-state index is 0.113. The first kappa shape index (κ1) is 12.9. The molecule has 2 aromatic rings. The Kier molecular flexibility index (Phi) is 2.65. The Hall–Kier alpha value is -1.85. The van der Waals surface area contributed by atoms with Gasteiger partial charge in [0.05, 0.1) is 6.04 Å². The van der Waals surface area contributed by atoms with Crippen LogP contribution in [0.2, 0.25) is 0 Å². The van der Waals surface area contributed by atoms with Gasteiger partial charge < -0.3 is 0 Å². The second kappa shape index (κ2) is 4.32. The maximum absolute atomic E-state index is 14.1. The molecule has 1 unspecified atom stereocenters. The molecule has 1 aromatic heterocycles. The van der Waals surface area contributed by atoms with E-state index in [0.29, 0.717) is 12.2 Å². The molecule has 21 heavy (non-hydrogen) atoms. The third-order valence-electron chi connectivity index (χ3n) is 4.28. The highest BCUT2D eigenvalue weighted by molar-refractivity contribution is 5.23. The van der Waals surface area contributed by atoms with Crippen LogP contribution < -0.4 is 0 Å². The summed E-state index contributed by atoms with van der Waals surface area (Å²) < 4.78 is 41.6. The average Bonchev–Trinajstić information content (AvgIpc) is 2.80. The fraction of sp³-hybridized carbons (Fsp3) is 0.467. The van der Waals surface area contributed by atoms with Crippen molar-refractivity contribution < 1.29 is 13.2 Å². The van der Waals surface area contributed by atoms with Gasteiger partial charge in [-0.15, -0.1) is 0 Å². The van der Waals surface area contributed by atoms with Crippen molar-refractivity contribution in [3.8, 4) is 0 Å². The van der Waals surface area contributed by atoms with Gasteiger partial charge in [0.25, 0.3) is 5.92 Å². The van der Waals surface area contributed by atoms with E-state index in [-0.39, 0.29) is 24.7 Å². The molecule has 4 rings (SSSR count). The number of rotatable bonds is 3. The van der Waals surface area contributed by atoms with E-state index in [9.17, 15) is 13.2 Å². The molecule has 0 saturated heterocycles. The lowest BCUT2D eigenvalue weighted by Crippen LogP contribution is -2.08. The van der Waals surface area contributed by atoms with Gasteiger partial charge in [-0.1, -0.05) is 30.3 Å². The lowest BCUT2D eigenvalue weighted by molar-refractivity contribution is 0.0984. The van der Waals surface area contributed by atoms with Gasteiger partial charge in [0, 0.05) is 25.2 Å². The molecule has 0 radical (unpaired) electrons. The monoisotopic (exact) mass is 293 g/mol. The number of halogens is 3. The van der Waals surface area contributed by atoms with Crippen LogP contribution in [-0.4, -0.2) is 20.7 Å². The topological polar surface area (TPSA) is 30.7 Å². The average molecular weight is 293 g/mol. The lowest BCUT2D eigenvalue weighted by atomic mass is 10.0. The molecular weight excluding hydrogens is 279 g/mol. The zero-order chi connectivity index (χ0) is 14.6. The molecule has 1 saturated carbocycles. The summed E-state index contributed by atoms with van der Waals surface area (Å²) in [5.41, 5.74) is 0.965. The van der Waals surface area contributed by atoms with Crippen LogP contribution in [-0.2, 0) is 6.42 Å². The van der Waals surface area contributed by atoms with Crippen LogP contribution in [0.25, 0.3) is 0 Å². The first-order valence-electron chi connectivity index (χ1n) is 7.07. The van der Waals surface area contributed by atoms with E-state index in [0.717, 1.165) is 5.56 Å². The minimum atomic E-state index is -2.59. The molecule has 110 valence electrons. The third-order valence-corrected chi connectivity index (χ3v) is 4.28. The SMILES string of the molecule is F[C@H]1C[C@@H](c2ccccc2)n2nc(CC3CC3(F)F)nc21. The van der Waals surface area contributed by atoms with Gasteiger partial charge in [0.2, 0.25) is 0 Å². The van der Waals surface area contributed by atoms with Gasteiger partial charge in [-0.3, -0.25) is 0 Å². The van der Waals surface area contributed by atoms with Gasteiger partial charge in [0.15, 0.2) is 17.8 Å². The van der Waals surface area contributed by atoms with Crippen molar-refractivity contribution >= 4 is 0 Å². The molecule has 1 aliphatic heterocycles. The van der Waals surface area contributed by atoms with E-state index in [4.69, 9.17) is 0 Å². The van der Waals surface area contributed by atoms with Crippen molar-refractivity contribution in [2.24, 2.45) is 5.92 Å². The minimum Gasteiger partial charge on any atom is -0.239 e. The van der Waals surface area contributed by atoms with E-state index in [2.05, 4.69) is 10.1 Å².